The summed E-state index contributed by atoms with van der Waals surface area (Å²) in [4.78, 5) is 4.13. The molecule has 1 rings (SSSR count). The maximum absolute atomic E-state index is 4.13. The zero-order chi connectivity index (χ0) is 14.1. The van der Waals surface area contributed by atoms with E-state index in [1.165, 1.54) is 31.2 Å². The number of nitrogens with one attached hydrogen (secondary N) is 1. The molecule has 2 nitrogen and oxygen atoms in total. The Hall–Kier alpha value is -0.890. The summed E-state index contributed by atoms with van der Waals surface area (Å²) in [6, 6.07) is 4.89. The SMILES string of the molecule is CCCC(CCC)C(NCC)C(C)c1ccncc1. The number of rotatable bonds is 9. The molecule has 0 aliphatic carbocycles. The monoisotopic (exact) mass is 262 g/mol. The Bertz CT molecular complexity index is 317. The Morgan fingerprint density at radius 3 is 2.11 bits per heavy atom. The Kier molecular flexibility index (Phi) is 7.73. The maximum atomic E-state index is 4.13. The van der Waals surface area contributed by atoms with Gasteiger partial charge in [0.1, 0.15) is 0 Å². The first-order chi connectivity index (χ1) is 9.24. The van der Waals surface area contributed by atoms with Gasteiger partial charge in [0, 0.05) is 18.4 Å². The lowest BCUT2D eigenvalue weighted by Gasteiger charge is -2.33. The second-order valence-corrected chi connectivity index (χ2v) is 5.49. The van der Waals surface area contributed by atoms with Gasteiger partial charge in [0.05, 0.1) is 0 Å². The van der Waals surface area contributed by atoms with Crippen molar-refractivity contribution in [3.05, 3.63) is 30.1 Å². The third kappa shape index (κ3) is 4.94. The highest BCUT2D eigenvalue weighted by Gasteiger charge is 2.25. The summed E-state index contributed by atoms with van der Waals surface area (Å²) >= 11 is 0. The molecule has 0 aromatic carbocycles. The lowest BCUT2D eigenvalue weighted by atomic mass is 9.80. The molecule has 0 saturated carbocycles. The van der Waals surface area contributed by atoms with Crippen molar-refractivity contribution in [1.82, 2.24) is 10.3 Å². The normalized spacial score (nSPS) is 14.6. The lowest BCUT2D eigenvalue weighted by molar-refractivity contribution is 0.283. The number of likely N-dealkylation sites (N-methyl/N-ethyl adjacent to an activating group) is 1. The summed E-state index contributed by atoms with van der Waals surface area (Å²) in [7, 11) is 0. The van der Waals surface area contributed by atoms with Crippen LogP contribution in [0.4, 0.5) is 0 Å². The molecule has 0 aliphatic rings. The van der Waals surface area contributed by atoms with Gasteiger partial charge in [-0.1, -0.05) is 40.5 Å². The van der Waals surface area contributed by atoms with Gasteiger partial charge in [0.2, 0.25) is 0 Å². The molecule has 1 heterocycles. The zero-order valence-electron chi connectivity index (χ0n) is 13.0. The molecular weight excluding hydrogens is 232 g/mol. The van der Waals surface area contributed by atoms with Crippen LogP contribution in [0.2, 0.25) is 0 Å². The Morgan fingerprint density at radius 2 is 1.63 bits per heavy atom. The molecule has 0 spiro atoms. The number of nitrogens with zero attached hydrogens (tertiary/aromatic N) is 1. The van der Waals surface area contributed by atoms with Crippen LogP contribution in [-0.4, -0.2) is 17.6 Å². The molecule has 0 saturated heterocycles. The van der Waals surface area contributed by atoms with Gasteiger partial charge in [-0.3, -0.25) is 4.98 Å². The minimum absolute atomic E-state index is 0.547. The molecule has 108 valence electrons. The van der Waals surface area contributed by atoms with Crippen molar-refractivity contribution in [1.29, 1.82) is 0 Å². The molecular formula is C17H30N2. The smallest absolute Gasteiger partial charge is 0.0270 e. The molecule has 2 unspecified atom stereocenters. The molecule has 0 fully saturated rings. The van der Waals surface area contributed by atoms with Crippen LogP contribution < -0.4 is 5.32 Å². The van der Waals surface area contributed by atoms with Crippen LogP contribution in [0.1, 0.15) is 64.9 Å². The van der Waals surface area contributed by atoms with Crippen molar-refractivity contribution in [2.75, 3.05) is 6.54 Å². The standard InChI is InChI=1S/C17H30N2/c1-5-8-16(9-6-2)17(19-7-3)14(4)15-10-12-18-13-11-15/h10-14,16-17,19H,5-9H2,1-4H3. The third-order valence-corrected chi connectivity index (χ3v) is 4.04. The molecule has 1 aromatic rings. The van der Waals surface area contributed by atoms with Crippen molar-refractivity contribution in [2.24, 2.45) is 5.92 Å². The van der Waals surface area contributed by atoms with Gasteiger partial charge in [0.25, 0.3) is 0 Å². The van der Waals surface area contributed by atoms with Gasteiger partial charge in [-0.25, -0.2) is 0 Å². The fraction of sp³-hybridized carbons (Fsp3) is 0.706. The first kappa shape index (κ1) is 16.2. The summed E-state index contributed by atoms with van der Waals surface area (Å²) in [5.74, 6) is 1.32. The van der Waals surface area contributed by atoms with E-state index in [9.17, 15) is 0 Å². The van der Waals surface area contributed by atoms with E-state index in [0.29, 0.717) is 12.0 Å². The minimum Gasteiger partial charge on any atom is -0.313 e. The van der Waals surface area contributed by atoms with Crippen molar-refractivity contribution < 1.29 is 0 Å². The number of hydrogen-bond acceptors (Lipinski definition) is 2. The lowest BCUT2D eigenvalue weighted by Crippen LogP contribution is -2.40. The Morgan fingerprint density at radius 1 is 1.05 bits per heavy atom. The fourth-order valence-corrected chi connectivity index (χ4v) is 3.11. The van der Waals surface area contributed by atoms with E-state index in [1.807, 2.05) is 12.4 Å². The zero-order valence-corrected chi connectivity index (χ0v) is 13.0. The van der Waals surface area contributed by atoms with E-state index in [2.05, 4.69) is 50.1 Å². The Balaban J connectivity index is 2.84. The number of pyridine rings is 1. The summed E-state index contributed by atoms with van der Waals surface area (Å²) in [6.07, 6.45) is 9.00. The molecule has 0 bridgehead atoms. The van der Waals surface area contributed by atoms with Gasteiger partial charge < -0.3 is 5.32 Å². The molecule has 2 heteroatoms. The summed E-state index contributed by atoms with van der Waals surface area (Å²) in [5.41, 5.74) is 1.40. The van der Waals surface area contributed by atoms with Crippen LogP contribution in [0.15, 0.2) is 24.5 Å². The second-order valence-electron chi connectivity index (χ2n) is 5.49. The molecule has 1 N–H and O–H groups in total. The summed E-state index contributed by atoms with van der Waals surface area (Å²) in [6.45, 7) is 10.2. The minimum atomic E-state index is 0.547. The highest BCUT2D eigenvalue weighted by molar-refractivity contribution is 5.17. The van der Waals surface area contributed by atoms with E-state index in [1.54, 1.807) is 0 Å². The first-order valence-electron chi connectivity index (χ1n) is 7.87. The molecule has 19 heavy (non-hydrogen) atoms. The van der Waals surface area contributed by atoms with Gasteiger partial charge in [-0.2, -0.15) is 0 Å². The predicted molar refractivity (Wildman–Crippen MR) is 83.4 cm³/mol. The average Bonchev–Trinajstić information content (AvgIpc) is 2.45. The van der Waals surface area contributed by atoms with Gasteiger partial charge >= 0.3 is 0 Å². The molecule has 0 amide bonds. The van der Waals surface area contributed by atoms with E-state index >= 15 is 0 Å². The van der Waals surface area contributed by atoms with Crippen LogP contribution in [-0.2, 0) is 0 Å². The average molecular weight is 262 g/mol. The van der Waals surface area contributed by atoms with Crippen molar-refractivity contribution >= 4 is 0 Å². The number of hydrogen-bond donors (Lipinski definition) is 1. The topological polar surface area (TPSA) is 24.9 Å². The third-order valence-electron chi connectivity index (χ3n) is 4.04. The van der Waals surface area contributed by atoms with Crippen LogP contribution in [0.3, 0.4) is 0 Å². The van der Waals surface area contributed by atoms with Gasteiger partial charge in [0.15, 0.2) is 0 Å². The van der Waals surface area contributed by atoms with Crippen molar-refractivity contribution in [2.45, 2.75) is 65.3 Å². The summed E-state index contributed by atoms with van der Waals surface area (Å²) < 4.78 is 0. The van der Waals surface area contributed by atoms with Crippen LogP contribution in [0, 0.1) is 5.92 Å². The summed E-state index contributed by atoms with van der Waals surface area (Å²) in [5, 5.41) is 3.73. The molecule has 0 aliphatic heterocycles. The van der Waals surface area contributed by atoms with Crippen molar-refractivity contribution in [3.63, 3.8) is 0 Å². The van der Waals surface area contributed by atoms with Crippen molar-refractivity contribution in [3.8, 4) is 0 Å². The predicted octanol–water partition coefficient (Wildman–Crippen LogP) is 4.38. The van der Waals surface area contributed by atoms with Crippen LogP contribution in [0.25, 0.3) is 0 Å². The molecule has 2 atom stereocenters. The largest absolute Gasteiger partial charge is 0.313 e. The maximum Gasteiger partial charge on any atom is 0.0270 e. The molecule has 0 radical (unpaired) electrons. The Labute approximate surface area is 119 Å². The van der Waals surface area contributed by atoms with E-state index in [-0.39, 0.29) is 0 Å². The highest BCUT2D eigenvalue weighted by Crippen LogP contribution is 2.29. The van der Waals surface area contributed by atoms with E-state index in [4.69, 9.17) is 0 Å². The van der Waals surface area contributed by atoms with E-state index in [0.717, 1.165) is 12.5 Å². The van der Waals surface area contributed by atoms with E-state index < -0.39 is 0 Å². The highest BCUT2D eigenvalue weighted by atomic mass is 14.9. The quantitative estimate of drug-likeness (QED) is 0.714. The van der Waals surface area contributed by atoms with Crippen LogP contribution >= 0.6 is 0 Å². The first-order valence-corrected chi connectivity index (χ1v) is 7.87. The second kappa shape index (κ2) is 9.08. The fourth-order valence-electron chi connectivity index (χ4n) is 3.11. The number of aromatic nitrogens is 1. The van der Waals surface area contributed by atoms with Gasteiger partial charge in [-0.05, 0) is 48.9 Å². The molecule has 1 aromatic heterocycles. The van der Waals surface area contributed by atoms with Gasteiger partial charge in [-0.15, -0.1) is 0 Å². The van der Waals surface area contributed by atoms with Crippen LogP contribution in [0.5, 0.6) is 0 Å².